The summed E-state index contributed by atoms with van der Waals surface area (Å²) in [6.07, 6.45) is 2.01. The number of nitrogens with two attached hydrogens (primary N) is 1. The second kappa shape index (κ2) is 10.7. The van der Waals surface area contributed by atoms with Gasteiger partial charge in [0.05, 0.1) is 17.6 Å². The van der Waals surface area contributed by atoms with E-state index in [4.69, 9.17) is 17.3 Å². The van der Waals surface area contributed by atoms with Crippen molar-refractivity contribution >= 4 is 34.8 Å². The summed E-state index contributed by atoms with van der Waals surface area (Å²) in [6, 6.07) is 22.6. The Morgan fingerprint density at radius 2 is 1.74 bits per heavy atom. The molecule has 2 aliphatic rings. The lowest BCUT2D eigenvalue weighted by Gasteiger charge is -2.40. The number of hydrogen-bond acceptors (Lipinski definition) is 5. The molecular formula is C32H30ClN3OS. The lowest BCUT2D eigenvalue weighted by Crippen LogP contribution is -2.38. The fourth-order valence-electron chi connectivity index (χ4n) is 5.46. The summed E-state index contributed by atoms with van der Waals surface area (Å²) in [7, 11) is 0. The van der Waals surface area contributed by atoms with Gasteiger partial charge in [-0.05, 0) is 92.3 Å². The number of carbonyl (C=O) groups excluding carboxylic acids is 1. The van der Waals surface area contributed by atoms with Crippen molar-refractivity contribution in [3.63, 3.8) is 0 Å². The standard InChI is InChI=1S/C32H30ClN3OS/c1-19-7-11-24(12-8-19)36-28-5-4-6-29(37)31(28)30(27(17-34)32(36)35)26-16-22(20(2)15-21(26)3)18-38-25-13-9-23(33)10-14-25/h7-16,30H,4-6,18,35H2,1-3H3. The van der Waals surface area contributed by atoms with Gasteiger partial charge in [-0.15, -0.1) is 11.8 Å². The van der Waals surface area contributed by atoms with Gasteiger partial charge < -0.3 is 5.73 Å². The largest absolute Gasteiger partial charge is 0.384 e. The highest BCUT2D eigenvalue weighted by atomic mass is 35.5. The minimum atomic E-state index is -0.468. The summed E-state index contributed by atoms with van der Waals surface area (Å²) in [5, 5.41) is 11.1. The Morgan fingerprint density at radius 1 is 1.03 bits per heavy atom. The molecule has 1 aliphatic carbocycles. The van der Waals surface area contributed by atoms with E-state index in [1.165, 1.54) is 11.1 Å². The molecule has 38 heavy (non-hydrogen) atoms. The number of Topliss-reactive ketones (excluding diaryl/α,β-unsaturated/α-hetero) is 1. The van der Waals surface area contributed by atoms with Crippen molar-refractivity contribution in [2.24, 2.45) is 5.73 Å². The van der Waals surface area contributed by atoms with E-state index in [1.54, 1.807) is 11.8 Å². The molecular weight excluding hydrogens is 510 g/mol. The lowest BCUT2D eigenvalue weighted by molar-refractivity contribution is -0.116. The van der Waals surface area contributed by atoms with Gasteiger partial charge >= 0.3 is 0 Å². The first-order chi connectivity index (χ1) is 18.3. The number of allylic oxidation sites excluding steroid dienone is 3. The van der Waals surface area contributed by atoms with Gasteiger partial charge in [-0.3, -0.25) is 9.69 Å². The normalized spacial score (nSPS) is 17.5. The van der Waals surface area contributed by atoms with Crippen molar-refractivity contribution in [1.29, 1.82) is 5.26 Å². The van der Waals surface area contributed by atoms with Crippen molar-refractivity contribution in [2.75, 3.05) is 4.90 Å². The molecule has 1 aliphatic heterocycles. The highest BCUT2D eigenvalue weighted by Gasteiger charge is 2.40. The Labute approximate surface area is 233 Å². The number of aryl methyl sites for hydroxylation is 3. The molecule has 0 fully saturated rings. The predicted molar refractivity (Wildman–Crippen MR) is 156 cm³/mol. The molecule has 0 radical (unpaired) electrons. The van der Waals surface area contributed by atoms with Crippen LogP contribution < -0.4 is 10.6 Å². The average molecular weight is 540 g/mol. The smallest absolute Gasteiger partial charge is 0.161 e. The monoisotopic (exact) mass is 539 g/mol. The van der Waals surface area contributed by atoms with Gasteiger partial charge in [0.2, 0.25) is 0 Å². The molecule has 4 nitrogen and oxygen atoms in total. The molecule has 3 aromatic rings. The minimum Gasteiger partial charge on any atom is -0.384 e. The third kappa shape index (κ3) is 4.87. The molecule has 1 heterocycles. The maximum absolute atomic E-state index is 13.5. The van der Waals surface area contributed by atoms with Gasteiger partial charge in [0, 0.05) is 39.0 Å². The van der Waals surface area contributed by atoms with Crippen molar-refractivity contribution in [3.05, 3.63) is 116 Å². The van der Waals surface area contributed by atoms with Crippen LogP contribution in [0.2, 0.25) is 5.02 Å². The zero-order valence-corrected chi connectivity index (χ0v) is 23.4. The highest BCUT2D eigenvalue weighted by Crippen LogP contribution is 2.47. The molecule has 3 aromatic carbocycles. The van der Waals surface area contributed by atoms with Gasteiger partial charge in [-0.1, -0.05) is 41.4 Å². The molecule has 192 valence electrons. The van der Waals surface area contributed by atoms with E-state index in [0.29, 0.717) is 23.4 Å². The zero-order valence-electron chi connectivity index (χ0n) is 21.8. The summed E-state index contributed by atoms with van der Waals surface area (Å²) in [5.74, 6) is 0.811. The molecule has 1 atom stereocenters. The first-order valence-corrected chi connectivity index (χ1v) is 14.2. The molecule has 0 amide bonds. The summed E-state index contributed by atoms with van der Waals surface area (Å²) in [4.78, 5) is 16.6. The number of nitrogens with zero attached hydrogens (tertiary/aromatic N) is 2. The Morgan fingerprint density at radius 3 is 2.42 bits per heavy atom. The van der Waals surface area contributed by atoms with Crippen LogP contribution in [0.25, 0.3) is 0 Å². The van der Waals surface area contributed by atoms with E-state index in [-0.39, 0.29) is 5.78 Å². The minimum absolute atomic E-state index is 0.102. The van der Waals surface area contributed by atoms with Crippen molar-refractivity contribution in [1.82, 2.24) is 0 Å². The highest BCUT2D eigenvalue weighted by molar-refractivity contribution is 7.98. The number of halogens is 1. The molecule has 2 N–H and O–H groups in total. The summed E-state index contributed by atoms with van der Waals surface area (Å²) < 4.78 is 0. The van der Waals surface area contributed by atoms with Gasteiger partial charge in [0.15, 0.2) is 5.78 Å². The Hall–Kier alpha value is -3.46. The number of benzene rings is 3. The third-order valence-corrected chi connectivity index (χ3v) is 8.76. The lowest BCUT2D eigenvalue weighted by atomic mass is 9.74. The van der Waals surface area contributed by atoms with Crippen LogP contribution in [0.3, 0.4) is 0 Å². The maximum atomic E-state index is 13.5. The van der Waals surface area contributed by atoms with Crippen LogP contribution >= 0.6 is 23.4 Å². The van der Waals surface area contributed by atoms with Gasteiger partial charge in [-0.2, -0.15) is 5.26 Å². The Kier molecular flexibility index (Phi) is 7.38. The van der Waals surface area contributed by atoms with Crippen LogP contribution in [-0.2, 0) is 10.5 Å². The van der Waals surface area contributed by atoms with Crippen molar-refractivity contribution < 1.29 is 4.79 Å². The van der Waals surface area contributed by atoms with E-state index >= 15 is 0 Å². The van der Waals surface area contributed by atoms with Gasteiger partial charge in [0.1, 0.15) is 5.82 Å². The van der Waals surface area contributed by atoms with Crippen LogP contribution in [0.15, 0.2) is 88.2 Å². The van der Waals surface area contributed by atoms with E-state index < -0.39 is 5.92 Å². The number of thioether (sulfide) groups is 1. The van der Waals surface area contributed by atoms with E-state index in [0.717, 1.165) is 56.6 Å². The number of nitriles is 1. The Bertz CT molecular complexity index is 1510. The van der Waals surface area contributed by atoms with E-state index in [1.807, 2.05) is 60.4 Å². The quantitative estimate of drug-likeness (QED) is 0.334. The van der Waals surface area contributed by atoms with Crippen molar-refractivity contribution in [2.45, 2.75) is 56.6 Å². The predicted octanol–water partition coefficient (Wildman–Crippen LogP) is 7.86. The summed E-state index contributed by atoms with van der Waals surface area (Å²) in [5.41, 5.74) is 15.3. The van der Waals surface area contributed by atoms with E-state index in [2.05, 4.69) is 32.0 Å². The molecule has 1 unspecified atom stereocenters. The second-order valence-corrected chi connectivity index (χ2v) is 11.5. The number of rotatable bonds is 5. The average Bonchev–Trinajstić information content (AvgIpc) is 2.90. The molecule has 5 rings (SSSR count). The van der Waals surface area contributed by atoms with Crippen LogP contribution in [0.5, 0.6) is 0 Å². The summed E-state index contributed by atoms with van der Waals surface area (Å²) >= 11 is 7.80. The number of anilines is 1. The van der Waals surface area contributed by atoms with Crippen LogP contribution in [-0.4, -0.2) is 5.78 Å². The van der Waals surface area contributed by atoms with E-state index in [9.17, 15) is 10.1 Å². The van der Waals surface area contributed by atoms with Gasteiger partial charge in [0.25, 0.3) is 0 Å². The molecule has 0 saturated heterocycles. The first-order valence-electron chi connectivity index (χ1n) is 12.8. The number of hydrogen-bond donors (Lipinski definition) is 1. The first kappa shape index (κ1) is 26.2. The Balaban J connectivity index is 1.61. The molecule has 0 bridgehead atoms. The second-order valence-electron chi connectivity index (χ2n) is 10.0. The third-order valence-electron chi connectivity index (χ3n) is 7.45. The maximum Gasteiger partial charge on any atom is 0.161 e. The topological polar surface area (TPSA) is 70.1 Å². The molecule has 6 heteroatoms. The molecule has 0 spiro atoms. The SMILES string of the molecule is Cc1ccc(N2C(N)=C(C#N)C(c3cc(CSc4ccc(Cl)cc4)c(C)cc3C)C3=C2CCCC3=O)cc1. The van der Waals surface area contributed by atoms with Crippen LogP contribution in [0.4, 0.5) is 5.69 Å². The summed E-state index contributed by atoms with van der Waals surface area (Å²) in [6.45, 7) is 6.21. The fraction of sp³-hybridized carbons (Fsp3) is 0.250. The number of carbonyl (C=O) groups is 1. The fourth-order valence-corrected chi connectivity index (χ4v) is 6.55. The van der Waals surface area contributed by atoms with Crippen LogP contribution in [0.1, 0.15) is 53.0 Å². The number of ketones is 1. The van der Waals surface area contributed by atoms with Gasteiger partial charge in [-0.25, -0.2) is 0 Å². The molecule has 0 saturated carbocycles. The molecule has 0 aromatic heterocycles. The van der Waals surface area contributed by atoms with Crippen LogP contribution in [0, 0.1) is 32.1 Å². The zero-order chi connectivity index (χ0) is 27.0. The van der Waals surface area contributed by atoms with Crippen molar-refractivity contribution in [3.8, 4) is 6.07 Å².